The van der Waals surface area contributed by atoms with E-state index in [-0.39, 0.29) is 5.41 Å². The van der Waals surface area contributed by atoms with Gasteiger partial charge in [-0.1, -0.05) is 6.92 Å². The molecule has 0 saturated heterocycles. The van der Waals surface area contributed by atoms with Crippen LogP contribution in [0.2, 0.25) is 0 Å². The smallest absolute Gasteiger partial charge is 0.228 e. The Bertz CT molecular complexity index is 311. The van der Waals surface area contributed by atoms with Gasteiger partial charge in [0.1, 0.15) is 0 Å². The van der Waals surface area contributed by atoms with Crippen molar-refractivity contribution in [2.24, 2.45) is 28.9 Å². The third kappa shape index (κ3) is 2.31. The van der Waals surface area contributed by atoms with Gasteiger partial charge in [0, 0.05) is 19.6 Å². The molecular formula is C16H28N2O. The van der Waals surface area contributed by atoms with E-state index >= 15 is 0 Å². The van der Waals surface area contributed by atoms with Crippen molar-refractivity contribution in [2.45, 2.75) is 51.9 Å². The van der Waals surface area contributed by atoms with E-state index in [0.717, 1.165) is 37.3 Å². The van der Waals surface area contributed by atoms with Gasteiger partial charge >= 0.3 is 0 Å². The molecule has 4 fully saturated rings. The summed E-state index contributed by atoms with van der Waals surface area (Å²) in [6.45, 7) is 4.38. The van der Waals surface area contributed by atoms with Crippen LogP contribution in [0.1, 0.15) is 51.9 Å². The zero-order chi connectivity index (χ0) is 13.5. The lowest BCUT2D eigenvalue weighted by atomic mass is 9.49. The second-order valence-corrected chi connectivity index (χ2v) is 7.28. The number of carbonyl (C=O) groups is 1. The SMILES string of the molecule is CCCN(CCN)C(=O)C12CC3CC(CC(C3)C1)C2. The molecule has 108 valence electrons. The normalized spacial score (nSPS) is 39.6. The summed E-state index contributed by atoms with van der Waals surface area (Å²) in [7, 11) is 0. The van der Waals surface area contributed by atoms with Crippen molar-refractivity contribution in [3.63, 3.8) is 0 Å². The van der Waals surface area contributed by atoms with Gasteiger partial charge in [-0.2, -0.15) is 0 Å². The van der Waals surface area contributed by atoms with Crippen LogP contribution in [0, 0.1) is 23.2 Å². The molecule has 3 nitrogen and oxygen atoms in total. The predicted octanol–water partition coefficient (Wildman–Crippen LogP) is 2.40. The topological polar surface area (TPSA) is 46.3 Å². The zero-order valence-electron chi connectivity index (χ0n) is 12.2. The quantitative estimate of drug-likeness (QED) is 0.829. The fraction of sp³-hybridized carbons (Fsp3) is 0.938. The van der Waals surface area contributed by atoms with Gasteiger partial charge in [0.2, 0.25) is 5.91 Å². The van der Waals surface area contributed by atoms with Crippen LogP contribution in [0.25, 0.3) is 0 Å². The number of hydrogen-bond acceptors (Lipinski definition) is 2. The van der Waals surface area contributed by atoms with Crippen molar-refractivity contribution >= 4 is 5.91 Å². The first-order chi connectivity index (χ1) is 9.16. The monoisotopic (exact) mass is 264 g/mol. The summed E-state index contributed by atoms with van der Waals surface area (Å²) in [4.78, 5) is 15.1. The first kappa shape index (κ1) is 13.4. The zero-order valence-corrected chi connectivity index (χ0v) is 12.2. The van der Waals surface area contributed by atoms with E-state index in [0.29, 0.717) is 12.5 Å². The van der Waals surface area contributed by atoms with E-state index in [9.17, 15) is 4.79 Å². The molecule has 4 aliphatic carbocycles. The standard InChI is InChI=1S/C16H28N2O/c1-2-4-18(5-3-17)15(19)16-9-12-6-13(10-16)8-14(7-12)11-16/h12-14H,2-11,17H2,1H3. The molecule has 0 spiro atoms. The minimum Gasteiger partial charge on any atom is -0.341 e. The number of hydrogen-bond donors (Lipinski definition) is 1. The molecule has 0 unspecified atom stereocenters. The van der Waals surface area contributed by atoms with Crippen LogP contribution >= 0.6 is 0 Å². The summed E-state index contributed by atoms with van der Waals surface area (Å²) in [5.41, 5.74) is 5.71. The Kier molecular flexibility index (Phi) is 3.59. The van der Waals surface area contributed by atoms with Gasteiger partial charge in [-0.05, 0) is 62.7 Å². The number of nitrogens with zero attached hydrogens (tertiary/aromatic N) is 1. The third-order valence-corrected chi connectivity index (χ3v) is 5.67. The van der Waals surface area contributed by atoms with E-state index in [4.69, 9.17) is 5.73 Å². The molecule has 0 radical (unpaired) electrons. The molecule has 0 heterocycles. The van der Waals surface area contributed by atoms with Crippen molar-refractivity contribution < 1.29 is 4.79 Å². The van der Waals surface area contributed by atoms with Gasteiger partial charge in [0.25, 0.3) is 0 Å². The highest BCUT2D eigenvalue weighted by atomic mass is 16.2. The molecule has 4 bridgehead atoms. The summed E-state index contributed by atoms with van der Waals surface area (Å²) in [6, 6.07) is 0. The van der Waals surface area contributed by atoms with Crippen LogP contribution in [0.15, 0.2) is 0 Å². The maximum atomic E-state index is 13.0. The minimum absolute atomic E-state index is 0.0130. The number of rotatable bonds is 5. The summed E-state index contributed by atoms with van der Waals surface area (Å²) in [5, 5.41) is 0. The van der Waals surface area contributed by atoms with Crippen LogP contribution < -0.4 is 5.73 Å². The Labute approximate surface area is 116 Å². The Morgan fingerprint density at radius 3 is 2.05 bits per heavy atom. The summed E-state index contributed by atoms with van der Waals surface area (Å²) < 4.78 is 0. The number of nitrogens with two attached hydrogens (primary N) is 1. The lowest BCUT2D eigenvalue weighted by molar-refractivity contribution is -0.157. The highest BCUT2D eigenvalue weighted by Gasteiger charge is 2.55. The molecule has 4 saturated carbocycles. The Morgan fingerprint density at radius 2 is 1.63 bits per heavy atom. The summed E-state index contributed by atoms with van der Waals surface area (Å²) in [6.07, 6.45) is 8.75. The van der Waals surface area contributed by atoms with E-state index < -0.39 is 0 Å². The summed E-state index contributed by atoms with van der Waals surface area (Å²) in [5.74, 6) is 2.98. The van der Waals surface area contributed by atoms with Crippen LogP contribution in [0.4, 0.5) is 0 Å². The van der Waals surface area contributed by atoms with Crippen LogP contribution in [-0.4, -0.2) is 30.4 Å². The Hall–Kier alpha value is -0.570. The largest absolute Gasteiger partial charge is 0.341 e. The molecule has 1 amide bonds. The molecular weight excluding hydrogens is 236 g/mol. The van der Waals surface area contributed by atoms with Crippen LogP contribution in [-0.2, 0) is 4.79 Å². The van der Waals surface area contributed by atoms with Gasteiger partial charge in [-0.15, -0.1) is 0 Å². The molecule has 0 aromatic heterocycles. The van der Waals surface area contributed by atoms with Crippen molar-refractivity contribution in [1.82, 2.24) is 4.90 Å². The van der Waals surface area contributed by atoms with Crippen molar-refractivity contribution in [3.05, 3.63) is 0 Å². The molecule has 0 aliphatic heterocycles. The first-order valence-electron chi connectivity index (χ1n) is 8.16. The molecule has 0 aromatic rings. The molecule has 19 heavy (non-hydrogen) atoms. The number of carbonyl (C=O) groups excluding carboxylic acids is 1. The van der Waals surface area contributed by atoms with Crippen molar-refractivity contribution in [1.29, 1.82) is 0 Å². The Morgan fingerprint density at radius 1 is 1.11 bits per heavy atom. The maximum absolute atomic E-state index is 13.0. The lowest BCUT2D eigenvalue weighted by Crippen LogP contribution is -2.55. The molecule has 0 atom stereocenters. The fourth-order valence-corrected chi connectivity index (χ4v) is 5.45. The molecule has 0 aromatic carbocycles. The Balaban J connectivity index is 1.78. The molecule has 3 heteroatoms. The highest BCUT2D eigenvalue weighted by Crippen LogP contribution is 2.60. The second kappa shape index (κ2) is 5.08. The van der Waals surface area contributed by atoms with Crippen LogP contribution in [0.5, 0.6) is 0 Å². The van der Waals surface area contributed by atoms with E-state index in [1.165, 1.54) is 38.5 Å². The van der Waals surface area contributed by atoms with Gasteiger partial charge in [0.05, 0.1) is 5.41 Å². The second-order valence-electron chi connectivity index (χ2n) is 7.28. The van der Waals surface area contributed by atoms with Crippen molar-refractivity contribution in [3.8, 4) is 0 Å². The van der Waals surface area contributed by atoms with Gasteiger partial charge in [-0.25, -0.2) is 0 Å². The average Bonchev–Trinajstić information content (AvgIpc) is 2.36. The lowest BCUT2D eigenvalue weighted by Gasteiger charge is -2.56. The van der Waals surface area contributed by atoms with Gasteiger partial charge in [0.15, 0.2) is 0 Å². The first-order valence-corrected chi connectivity index (χ1v) is 8.16. The van der Waals surface area contributed by atoms with Crippen molar-refractivity contribution in [2.75, 3.05) is 19.6 Å². The maximum Gasteiger partial charge on any atom is 0.228 e. The summed E-state index contributed by atoms with van der Waals surface area (Å²) >= 11 is 0. The fourth-order valence-electron chi connectivity index (χ4n) is 5.45. The van der Waals surface area contributed by atoms with Gasteiger partial charge < -0.3 is 10.6 Å². The average molecular weight is 264 g/mol. The van der Waals surface area contributed by atoms with E-state index in [1.807, 2.05) is 0 Å². The highest BCUT2D eigenvalue weighted by molar-refractivity contribution is 5.83. The molecule has 4 rings (SSSR count). The van der Waals surface area contributed by atoms with E-state index in [2.05, 4.69) is 11.8 Å². The minimum atomic E-state index is 0.0130. The molecule has 4 aliphatic rings. The third-order valence-electron chi connectivity index (χ3n) is 5.67. The predicted molar refractivity (Wildman–Crippen MR) is 76.5 cm³/mol. The molecule has 2 N–H and O–H groups in total. The number of amides is 1. The van der Waals surface area contributed by atoms with Crippen LogP contribution in [0.3, 0.4) is 0 Å². The van der Waals surface area contributed by atoms with Gasteiger partial charge in [-0.3, -0.25) is 4.79 Å². The van der Waals surface area contributed by atoms with E-state index in [1.54, 1.807) is 0 Å².